The zero-order chi connectivity index (χ0) is 14.9. The standard InChI is InChI=1S/C18H21FS/c1-12(2)14-7-5-6-8-15(14)18(3,4)13-9-10-17(20)16(19)11-13/h5-12,20H,1-4H3. The normalized spacial score (nSPS) is 11.9. The van der Waals surface area contributed by atoms with Gasteiger partial charge >= 0.3 is 0 Å². The quantitative estimate of drug-likeness (QED) is 0.702. The van der Waals surface area contributed by atoms with Gasteiger partial charge in [-0.2, -0.15) is 0 Å². The maximum atomic E-state index is 13.8. The van der Waals surface area contributed by atoms with E-state index in [0.29, 0.717) is 10.8 Å². The van der Waals surface area contributed by atoms with Crippen molar-refractivity contribution in [3.8, 4) is 0 Å². The summed E-state index contributed by atoms with van der Waals surface area (Å²) >= 11 is 4.11. The molecule has 106 valence electrons. The largest absolute Gasteiger partial charge is 0.206 e. The summed E-state index contributed by atoms with van der Waals surface area (Å²) in [6.45, 7) is 8.65. The van der Waals surface area contributed by atoms with Gasteiger partial charge in [-0.05, 0) is 34.7 Å². The van der Waals surface area contributed by atoms with E-state index in [9.17, 15) is 4.39 Å². The Bertz CT molecular complexity index is 615. The zero-order valence-electron chi connectivity index (χ0n) is 12.4. The SMILES string of the molecule is CC(C)c1ccccc1C(C)(C)c1ccc(S)c(F)c1. The van der Waals surface area contributed by atoms with E-state index in [0.717, 1.165) is 5.56 Å². The lowest BCUT2D eigenvalue weighted by Crippen LogP contribution is -2.21. The van der Waals surface area contributed by atoms with Crippen molar-refractivity contribution in [2.45, 2.75) is 43.9 Å². The molecular formula is C18H21FS. The third kappa shape index (κ3) is 2.76. The summed E-state index contributed by atoms with van der Waals surface area (Å²) in [6.07, 6.45) is 0. The van der Waals surface area contributed by atoms with Crippen molar-refractivity contribution in [1.82, 2.24) is 0 Å². The van der Waals surface area contributed by atoms with E-state index < -0.39 is 0 Å². The fourth-order valence-electron chi connectivity index (χ4n) is 2.62. The van der Waals surface area contributed by atoms with Crippen molar-refractivity contribution in [1.29, 1.82) is 0 Å². The molecule has 2 heteroatoms. The van der Waals surface area contributed by atoms with Crippen LogP contribution in [0.5, 0.6) is 0 Å². The Balaban J connectivity index is 2.57. The molecule has 0 radical (unpaired) electrons. The number of rotatable bonds is 3. The predicted molar refractivity (Wildman–Crippen MR) is 86.3 cm³/mol. The highest BCUT2D eigenvalue weighted by Crippen LogP contribution is 2.37. The van der Waals surface area contributed by atoms with Gasteiger partial charge in [0.25, 0.3) is 0 Å². The monoisotopic (exact) mass is 288 g/mol. The topological polar surface area (TPSA) is 0 Å². The van der Waals surface area contributed by atoms with Gasteiger partial charge in [-0.25, -0.2) is 4.39 Å². The summed E-state index contributed by atoms with van der Waals surface area (Å²) < 4.78 is 13.8. The van der Waals surface area contributed by atoms with Crippen LogP contribution in [-0.4, -0.2) is 0 Å². The van der Waals surface area contributed by atoms with Crippen LogP contribution in [0.25, 0.3) is 0 Å². The molecule has 0 N–H and O–H groups in total. The first-order chi connectivity index (χ1) is 9.34. The molecule has 2 aromatic rings. The Morgan fingerprint density at radius 1 is 1.05 bits per heavy atom. The van der Waals surface area contributed by atoms with E-state index in [1.54, 1.807) is 12.1 Å². The molecule has 0 saturated heterocycles. The van der Waals surface area contributed by atoms with Gasteiger partial charge in [-0.1, -0.05) is 58.0 Å². The van der Waals surface area contributed by atoms with E-state index >= 15 is 0 Å². The summed E-state index contributed by atoms with van der Waals surface area (Å²) in [7, 11) is 0. The van der Waals surface area contributed by atoms with Gasteiger partial charge in [0.1, 0.15) is 5.82 Å². The van der Waals surface area contributed by atoms with Crippen LogP contribution in [0, 0.1) is 5.82 Å². The van der Waals surface area contributed by atoms with Gasteiger partial charge in [0.15, 0.2) is 0 Å². The first-order valence-corrected chi connectivity index (χ1v) is 7.37. The summed E-state index contributed by atoms with van der Waals surface area (Å²) in [5.74, 6) is 0.181. The summed E-state index contributed by atoms with van der Waals surface area (Å²) in [6, 6.07) is 13.7. The van der Waals surface area contributed by atoms with E-state index in [1.165, 1.54) is 11.1 Å². The number of thiol groups is 1. The molecule has 2 rings (SSSR count). The van der Waals surface area contributed by atoms with E-state index in [-0.39, 0.29) is 11.2 Å². The van der Waals surface area contributed by atoms with E-state index in [4.69, 9.17) is 0 Å². The van der Waals surface area contributed by atoms with Crippen molar-refractivity contribution >= 4 is 12.6 Å². The van der Waals surface area contributed by atoms with Crippen LogP contribution in [-0.2, 0) is 5.41 Å². The highest BCUT2D eigenvalue weighted by Gasteiger charge is 2.27. The molecule has 0 nitrogen and oxygen atoms in total. The number of hydrogen-bond donors (Lipinski definition) is 1. The van der Waals surface area contributed by atoms with E-state index in [1.807, 2.05) is 12.1 Å². The average molecular weight is 288 g/mol. The molecule has 0 saturated carbocycles. The smallest absolute Gasteiger partial charge is 0.136 e. The van der Waals surface area contributed by atoms with Crippen LogP contribution < -0.4 is 0 Å². The maximum Gasteiger partial charge on any atom is 0.136 e. The van der Waals surface area contributed by atoms with Crippen molar-refractivity contribution in [3.63, 3.8) is 0 Å². The van der Waals surface area contributed by atoms with E-state index in [2.05, 4.69) is 58.5 Å². The van der Waals surface area contributed by atoms with Crippen LogP contribution in [0.3, 0.4) is 0 Å². The zero-order valence-corrected chi connectivity index (χ0v) is 13.3. The molecule has 0 bridgehead atoms. The highest BCUT2D eigenvalue weighted by molar-refractivity contribution is 7.80. The predicted octanol–water partition coefficient (Wildman–Crippen LogP) is 5.56. The lowest BCUT2D eigenvalue weighted by Gasteiger charge is -2.30. The van der Waals surface area contributed by atoms with Crippen LogP contribution >= 0.6 is 12.6 Å². The van der Waals surface area contributed by atoms with Gasteiger partial charge in [0, 0.05) is 10.3 Å². The lowest BCUT2D eigenvalue weighted by atomic mass is 9.74. The summed E-state index contributed by atoms with van der Waals surface area (Å²) in [4.78, 5) is 0.390. The fraction of sp³-hybridized carbons (Fsp3) is 0.333. The van der Waals surface area contributed by atoms with Crippen molar-refractivity contribution in [3.05, 3.63) is 65.0 Å². The molecule has 0 amide bonds. The Labute approximate surface area is 126 Å². The number of hydrogen-bond acceptors (Lipinski definition) is 1. The minimum Gasteiger partial charge on any atom is -0.206 e. The Morgan fingerprint density at radius 3 is 2.30 bits per heavy atom. The second kappa shape index (κ2) is 5.61. The lowest BCUT2D eigenvalue weighted by molar-refractivity contribution is 0.578. The molecule has 0 aliphatic heterocycles. The second-order valence-electron chi connectivity index (χ2n) is 6.03. The molecule has 0 atom stereocenters. The van der Waals surface area contributed by atoms with Crippen LogP contribution in [0.1, 0.15) is 50.3 Å². The molecule has 0 spiro atoms. The molecule has 0 aromatic heterocycles. The maximum absolute atomic E-state index is 13.8. The first kappa shape index (κ1) is 15.1. The number of benzene rings is 2. The summed E-state index contributed by atoms with van der Waals surface area (Å²) in [5.41, 5.74) is 3.30. The molecule has 0 aliphatic carbocycles. The molecule has 0 aliphatic rings. The first-order valence-electron chi connectivity index (χ1n) is 6.92. The molecule has 0 unspecified atom stereocenters. The summed E-state index contributed by atoms with van der Waals surface area (Å²) in [5, 5.41) is 0. The van der Waals surface area contributed by atoms with Crippen LogP contribution in [0.2, 0.25) is 0 Å². The van der Waals surface area contributed by atoms with Gasteiger partial charge < -0.3 is 0 Å². The Hall–Kier alpha value is -1.28. The van der Waals surface area contributed by atoms with Crippen molar-refractivity contribution in [2.24, 2.45) is 0 Å². The van der Waals surface area contributed by atoms with Gasteiger partial charge in [-0.3, -0.25) is 0 Å². The Kier molecular flexibility index (Phi) is 4.24. The molecule has 20 heavy (non-hydrogen) atoms. The minimum absolute atomic E-state index is 0.233. The minimum atomic E-state index is -0.263. The highest BCUT2D eigenvalue weighted by atomic mass is 32.1. The molecular weight excluding hydrogens is 267 g/mol. The molecule has 0 heterocycles. The van der Waals surface area contributed by atoms with Crippen molar-refractivity contribution in [2.75, 3.05) is 0 Å². The molecule has 2 aromatic carbocycles. The third-order valence-corrected chi connectivity index (χ3v) is 4.29. The average Bonchev–Trinajstić information content (AvgIpc) is 2.41. The van der Waals surface area contributed by atoms with Gasteiger partial charge in [0.2, 0.25) is 0 Å². The van der Waals surface area contributed by atoms with Crippen molar-refractivity contribution < 1.29 is 4.39 Å². The fourth-order valence-corrected chi connectivity index (χ4v) is 2.76. The van der Waals surface area contributed by atoms with Gasteiger partial charge in [-0.15, -0.1) is 12.6 Å². The number of halogens is 1. The second-order valence-corrected chi connectivity index (χ2v) is 6.51. The van der Waals surface area contributed by atoms with Crippen LogP contribution in [0.4, 0.5) is 4.39 Å². The van der Waals surface area contributed by atoms with Crippen LogP contribution in [0.15, 0.2) is 47.4 Å². The Morgan fingerprint density at radius 2 is 1.70 bits per heavy atom. The van der Waals surface area contributed by atoms with Gasteiger partial charge in [0.05, 0.1) is 0 Å². The molecule has 0 fully saturated rings. The third-order valence-electron chi connectivity index (χ3n) is 3.93.